The number of benzene rings is 1. The number of hydrogen-bond acceptors (Lipinski definition) is 4. The van der Waals surface area contributed by atoms with Gasteiger partial charge in [-0.1, -0.05) is 24.3 Å². The maximum absolute atomic E-state index is 12.3. The molecule has 6 nitrogen and oxygen atoms in total. The van der Waals surface area contributed by atoms with Crippen LogP contribution in [0.1, 0.15) is 24.8 Å². The molecule has 0 unspecified atom stereocenters. The van der Waals surface area contributed by atoms with E-state index in [0.29, 0.717) is 19.4 Å². The zero-order valence-corrected chi connectivity index (χ0v) is 14.2. The van der Waals surface area contributed by atoms with Gasteiger partial charge in [0.2, 0.25) is 17.7 Å². The van der Waals surface area contributed by atoms with Crippen molar-refractivity contribution in [1.29, 1.82) is 0 Å². The number of methoxy groups -OCH3 is 1. The lowest BCUT2D eigenvalue weighted by Gasteiger charge is -2.14. The van der Waals surface area contributed by atoms with Crippen LogP contribution in [0.2, 0.25) is 0 Å². The minimum absolute atomic E-state index is 0.125. The molecule has 3 rings (SSSR count). The summed E-state index contributed by atoms with van der Waals surface area (Å²) in [5.41, 5.74) is 0.958. The highest BCUT2D eigenvalue weighted by atomic mass is 16.5. The molecule has 1 aliphatic carbocycles. The quantitative estimate of drug-likeness (QED) is 0.630. The lowest BCUT2D eigenvalue weighted by atomic mass is 9.85. The molecule has 1 N–H and O–H groups in total. The van der Waals surface area contributed by atoms with Crippen LogP contribution in [0.15, 0.2) is 36.4 Å². The average Bonchev–Trinajstić information content (AvgIpc) is 2.89. The highest BCUT2D eigenvalue weighted by Crippen LogP contribution is 2.34. The van der Waals surface area contributed by atoms with Crippen LogP contribution in [0.3, 0.4) is 0 Å². The Bertz CT molecular complexity index is 670. The maximum Gasteiger partial charge on any atom is 0.233 e. The third-order valence-electron chi connectivity index (χ3n) is 4.81. The Morgan fingerprint density at radius 3 is 2.28 bits per heavy atom. The van der Waals surface area contributed by atoms with Crippen LogP contribution in [0, 0.1) is 11.8 Å². The fourth-order valence-corrected chi connectivity index (χ4v) is 3.34. The molecule has 6 heteroatoms. The van der Waals surface area contributed by atoms with E-state index < -0.39 is 0 Å². The van der Waals surface area contributed by atoms with Crippen molar-refractivity contribution in [3.8, 4) is 5.75 Å². The standard InChI is InChI=1S/C19H22N2O4/c1-25-14-8-6-13(7-9-14)12-20-17(22)10-11-21-18(23)15-4-2-3-5-16(15)19(21)24/h2-3,6-9,15-16H,4-5,10-12H2,1H3,(H,20,22)/t15-,16-/m0/s1. The first-order valence-corrected chi connectivity index (χ1v) is 8.50. The molecule has 0 aromatic heterocycles. The summed E-state index contributed by atoms with van der Waals surface area (Å²) >= 11 is 0. The topological polar surface area (TPSA) is 75.7 Å². The van der Waals surface area contributed by atoms with Crippen LogP contribution in [-0.4, -0.2) is 36.3 Å². The molecule has 0 radical (unpaired) electrons. The lowest BCUT2D eigenvalue weighted by molar-refractivity contribution is -0.140. The molecular formula is C19H22N2O4. The molecule has 1 aromatic rings. The molecule has 2 aliphatic rings. The van der Waals surface area contributed by atoms with E-state index in [4.69, 9.17) is 4.74 Å². The van der Waals surface area contributed by atoms with Gasteiger partial charge in [0.1, 0.15) is 5.75 Å². The van der Waals surface area contributed by atoms with Crippen molar-refractivity contribution in [2.45, 2.75) is 25.8 Å². The second kappa shape index (κ2) is 7.51. The number of rotatable bonds is 6. The zero-order valence-electron chi connectivity index (χ0n) is 14.2. The first-order chi connectivity index (χ1) is 12.1. The van der Waals surface area contributed by atoms with Crippen LogP contribution in [0.5, 0.6) is 5.75 Å². The van der Waals surface area contributed by atoms with Gasteiger partial charge in [-0.15, -0.1) is 0 Å². The van der Waals surface area contributed by atoms with Crippen molar-refractivity contribution in [1.82, 2.24) is 10.2 Å². The monoisotopic (exact) mass is 342 g/mol. The number of ether oxygens (including phenoxy) is 1. The first-order valence-electron chi connectivity index (χ1n) is 8.50. The van der Waals surface area contributed by atoms with Gasteiger partial charge in [-0.05, 0) is 30.5 Å². The minimum atomic E-state index is -0.236. The number of allylic oxidation sites excluding steroid dienone is 2. The molecule has 3 amide bonds. The Morgan fingerprint density at radius 2 is 1.72 bits per heavy atom. The molecule has 1 fully saturated rings. The van der Waals surface area contributed by atoms with Crippen LogP contribution < -0.4 is 10.1 Å². The van der Waals surface area contributed by atoms with E-state index in [0.717, 1.165) is 11.3 Å². The third kappa shape index (κ3) is 3.73. The zero-order chi connectivity index (χ0) is 17.8. The summed E-state index contributed by atoms with van der Waals surface area (Å²) in [5.74, 6) is -0.161. The smallest absolute Gasteiger partial charge is 0.233 e. The number of nitrogens with zero attached hydrogens (tertiary/aromatic N) is 1. The minimum Gasteiger partial charge on any atom is -0.497 e. The van der Waals surface area contributed by atoms with Gasteiger partial charge in [-0.2, -0.15) is 0 Å². The van der Waals surface area contributed by atoms with Gasteiger partial charge in [0.25, 0.3) is 0 Å². The van der Waals surface area contributed by atoms with E-state index >= 15 is 0 Å². The van der Waals surface area contributed by atoms with E-state index in [-0.39, 0.29) is 42.5 Å². The molecule has 132 valence electrons. The average molecular weight is 342 g/mol. The van der Waals surface area contributed by atoms with Gasteiger partial charge >= 0.3 is 0 Å². The highest BCUT2D eigenvalue weighted by molar-refractivity contribution is 6.05. The van der Waals surface area contributed by atoms with E-state index in [9.17, 15) is 14.4 Å². The van der Waals surface area contributed by atoms with Crippen LogP contribution >= 0.6 is 0 Å². The number of likely N-dealkylation sites (tertiary alicyclic amines) is 1. The summed E-state index contributed by atoms with van der Waals surface area (Å²) in [4.78, 5) is 37.9. The Kier molecular flexibility index (Phi) is 5.16. The number of carbonyl (C=O) groups excluding carboxylic acids is 3. The summed E-state index contributed by atoms with van der Waals surface area (Å²) in [6, 6.07) is 7.42. The summed E-state index contributed by atoms with van der Waals surface area (Å²) in [6.45, 7) is 0.555. The predicted octanol–water partition coefficient (Wildman–Crippen LogP) is 1.65. The molecule has 0 saturated carbocycles. The molecular weight excluding hydrogens is 320 g/mol. The molecule has 0 spiro atoms. The van der Waals surface area contributed by atoms with Gasteiger partial charge < -0.3 is 10.1 Å². The molecule has 2 atom stereocenters. The summed E-state index contributed by atoms with van der Waals surface area (Å²) in [7, 11) is 1.60. The Labute approximate surface area is 146 Å². The fraction of sp³-hybridized carbons (Fsp3) is 0.421. The second-order valence-electron chi connectivity index (χ2n) is 6.36. The van der Waals surface area contributed by atoms with Gasteiger partial charge in [-0.3, -0.25) is 19.3 Å². The van der Waals surface area contributed by atoms with Crippen LogP contribution in [0.25, 0.3) is 0 Å². The third-order valence-corrected chi connectivity index (χ3v) is 4.81. The molecule has 1 heterocycles. The summed E-state index contributed by atoms with van der Waals surface area (Å²) < 4.78 is 5.09. The van der Waals surface area contributed by atoms with Crippen molar-refractivity contribution in [2.24, 2.45) is 11.8 Å². The Hall–Kier alpha value is -2.63. The normalized spacial score (nSPS) is 22.0. The number of amides is 3. The van der Waals surface area contributed by atoms with Crippen molar-refractivity contribution in [2.75, 3.05) is 13.7 Å². The number of hydrogen-bond donors (Lipinski definition) is 1. The SMILES string of the molecule is COc1ccc(CNC(=O)CCN2C(=O)[C@H]3CC=CC[C@@H]3C2=O)cc1. The van der Waals surface area contributed by atoms with Gasteiger partial charge in [0.05, 0.1) is 18.9 Å². The number of nitrogens with one attached hydrogen (secondary N) is 1. The molecule has 1 saturated heterocycles. The van der Waals surface area contributed by atoms with Crippen LogP contribution in [-0.2, 0) is 20.9 Å². The van der Waals surface area contributed by atoms with Gasteiger partial charge in [0, 0.05) is 19.5 Å². The lowest BCUT2D eigenvalue weighted by Crippen LogP contribution is -2.35. The molecule has 1 aliphatic heterocycles. The number of imide groups is 1. The molecule has 0 bridgehead atoms. The fourth-order valence-electron chi connectivity index (χ4n) is 3.34. The highest BCUT2D eigenvalue weighted by Gasteiger charge is 2.46. The number of fused-ring (bicyclic) bond motifs is 1. The number of carbonyl (C=O) groups is 3. The summed E-state index contributed by atoms with van der Waals surface area (Å²) in [6.07, 6.45) is 5.28. The van der Waals surface area contributed by atoms with Crippen molar-refractivity contribution < 1.29 is 19.1 Å². The Balaban J connectivity index is 1.47. The van der Waals surface area contributed by atoms with E-state index in [2.05, 4.69) is 5.32 Å². The van der Waals surface area contributed by atoms with Crippen LogP contribution in [0.4, 0.5) is 0 Å². The van der Waals surface area contributed by atoms with E-state index in [1.165, 1.54) is 4.90 Å². The van der Waals surface area contributed by atoms with Crippen molar-refractivity contribution in [3.63, 3.8) is 0 Å². The predicted molar refractivity (Wildman–Crippen MR) is 91.5 cm³/mol. The van der Waals surface area contributed by atoms with Crippen molar-refractivity contribution in [3.05, 3.63) is 42.0 Å². The second-order valence-corrected chi connectivity index (χ2v) is 6.36. The van der Waals surface area contributed by atoms with Crippen molar-refractivity contribution >= 4 is 17.7 Å². The Morgan fingerprint density at radius 1 is 1.12 bits per heavy atom. The maximum atomic E-state index is 12.3. The largest absolute Gasteiger partial charge is 0.497 e. The van der Waals surface area contributed by atoms with Gasteiger partial charge in [0.15, 0.2) is 0 Å². The summed E-state index contributed by atoms with van der Waals surface area (Å²) in [5, 5.41) is 2.81. The van der Waals surface area contributed by atoms with E-state index in [1.54, 1.807) is 7.11 Å². The molecule has 1 aromatic carbocycles. The first kappa shape index (κ1) is 17.2. The van der Waals surface area contributed by atoms with E-state index in [1.807, 2.05) is 36.4 Å². The van der Waals surface area contributed by atoms with Gasteiger partial charge in [-0.25, -0.2) is 0 Å². The molecule has 25 heavy (non-hydrogen) atoms.